The first kappa shape index (κ1) is 16.6. The zero-order valence-electron chi connectivity index (χ0n) is 14.5. The summed E-state index contributed by atoms with van der Waals surface area (Å²) in [6.07, 6.45) is 4.77. The van der Waals surface area contributed by atoms with Crippen LogP contribution in [0, 0.1) is 0 Å². The Morgan fingerprint density at radius 1 is 1.11 bits per heavy atom. The molecule has 0 fully saturated rings. The summed E-state index contributed by atoms with van der Waals surface area (Å²) in [5, 5.41) is 5.91. The molecule has 2 aromatic heterocycles. The van der Waals surface area contributed by atoms with Gasteiger partial charge in [0.05, 0.1) is 19.3 Å². The Bertz CT molecular complexity index is 1020. The second-order valence-electron chi connectivity index (χ2n) is 5.80. The molecule has 3 heterocycles. The van der Waals surface area contributed by atoms with E-state index in [0.29, 0.717) is 29.6 Å². The lowest BCUT2D eigenvalue weighted by atomic mass is 10.1. The Morgan fingerprint density at radius 3 is 2.81 bits per heavy atom. The fourth-order valence-corrected chi connectivity index (χ4v) is 2.71. The van der Waals surface area contributed by atoms with Gasteiger partial charge in [0.25, 0.3) is 5.91 Å². The summed E-state index contributed by atoms with van der Waals surface area (Å²) in [7, 11) is 1.61. The number of methoxy groups -OCH3 is 1. The Labute approximate surface area is 155 Å². The molecule has 0 radical (unpaired) electrons. The number of nitrogens with zero attached hydrogens (tertiary/aromatic N) is 4. The van der Waals surface area contributed by atoms with Gasteiger partial charge in [-0.25, -0.2) is 9.97 Å². The van der Waals surface area contributed by atoms with Crippen molar-refractivity contribution in [2.24, 2.45) is 4.99 Å². The number of pyridine rings is 1. The Morgan fingerprint density at radius 2 is 2.00 bits per heavy atom. The lowest BCUT2D eigenvalue weighted by Gasteiger charge is -2.13. The maximum atomic E-state index is 12.2. The first-order valence-electron chi connectivity index (χ1n) is 8.25. The van der Waals surface area contributed by atoms with Gasteiger partial charge in [-0.05, 0) is 35.4 Å². The zero-order valence-corrected chi connectivity index (χ0v) is 14.5. The van der Waals surface area contributed by atoms with E-state index in [1.165, 1.54) is 6.33 Å². The van der Waals surface area contributed by atoms with Gasteiger partial charge >= 0.3 is 0 Å². The van der Waals surface area contributed by atoms with E-state index in [1.54, 1.807) is 37.6 Å². The van der Waals surface area contributed by atoms with Crippen LogP contribution >= 0.6 is 0 Å². The summed E-state index contributed by atoms with van der Waals surface area (Å²) in [4.78, 5) is 28.8. The molecule has 134 valence electrons. The molecule has 3 aromatic rings. The number of anilines is 3. The highest BCUT2D eigenvalue weighted by atomic mass is 16.5. The van der Waals surface area contributed by atoms with E-state index < -0.39 is 0 Å². The summed E-state index contributed by atoms with van der Waals surface area (Å²) < 4.78 is 5.46. The number of aliphatic imine (C=N–C) groups is 1. The van der Waals surface area contributed by atoms with E-state index in [0.717, 1.165) is 16.8 Å². The third-order valence-electron chi connectivity index (χ3n) is 4.02. The van der Waals surface area contributed by atoms with Crippen molar-refractivity contribution in [2.45, 2.75) is 6.54 Å². The predicted octanol–water partition coefficient (Wildman–Crippen LogP) is 2.81. The molecule has 0 spiro atoms. The van der Waals surface area contributed by atoms with Gasteiger partial charge < -0.3 is 15.4 Å². The van der Waals surface area contributed by atoms with E-state index in [1.807, 2.05) is 18.3 Å². The molecule has 4 rings (SSSR count). The molecule has 0 saturated heterocycles. The highest BCUT2D eigenvalue weighted by molar-refractivity contribution is 6.02. The normalized spacial score (nSPS) is 11.7. The van der Waals surface area contributed by atoms with Crippen LogP contribution in [0.5, 0.6) is 5.75 Å². The van der Waals surface area contributed by atoms with Crippen LogP contribution in [-0.4, -0.2) is 34.2 Å². The second-order valence-corrected chi connectivity index (χ2v) is 5.80. The number of ether oxygens (including phenoxy) is 1. The molecule has 1 amide bonds. The van der Waals surface area contributed by atoms with Crippen molar-refractivity contribution < 1.29 is 9.53 Å². The van der Waals surface area contributed by atoms with Crippen molar-refractivity contribution in [3.63, 3.8) is 0 Å². The molecule has 8 heteroatoms. The van der Waals surface area contributed by atoms with Crippen molar-refractivity contribution in [3.8, 4) is 5.75 Å². The number of hydrogen-bond acceptors (Lipinski definition) is 7. The average molecular weight is 360 g/mol. The van der Waals surface area contributed by atoms with E-state index in [-0.39, 0.29) is 5.91 Å². The summed E-state index contributed by atoms with van der Waals surface area (Å²) in [5.41, 5.74) is 3.22. The molecule has 1 aliphatic heterocycles. The zero-order chi connectivity index (χ0) is 18.6. The molecular weight excluding hydrogens is 344 g/mol. The van der Waals surface area contributed by atoms with E-state index in [9.17, 15) is 4.79 Å². The molecule has 1 aromatic carbocycles. The SMILES string of the molecule is COc1cc2c(cc1Nc1cc(NC(=O)c3ccccn3)ncn1)C=NC2. The van der Waals surface area contributed by atoms with Crippen molar-refractivity contribution in [3.05, 3.63) is 65.7 Å². The van der Waals surface area contributed by atoms with Crippen LogP contribution in [0.3, 0.4) is 0 Å². The van der Waals surface area contributed by atoms with Crippen molar-refractivity contribution in [2.75, 3.05) is 17.7 Å². The van der Waals surface area contributed by atoms with E-state index in [2.05, 4.69) is 30.6 Å². The van der Waals surface area contributed by atoms with Crippen LogP contribution in [-0.2, 0) is 6.54 Å². The fourth-order valence-electron chi connectivity index (χ4n) is 2.71. The highest BCUT2D eigenvalue weighted by Gasteiger charge is 2.14. The molecular formula is C19H16N6O2. The maximum Gasteiger partial charge on any atom is 0.275 e. The number of aromatic nitrogens is 3. The number of hydrogen-bond donors (Lipinski definition) is 2. The number of amides is 1. The van der Waals surface area contributed by atoms with Crippen molar-refractivity contribution in [1.29, 1.82) is 0 Å². The topological polar surface area (TPSA) is 101 Å². The molecule has 0 saturated carbocycles. The van der Waals surface area contributed by atoms with Gasteiger partial charge in [0.2, 0.25) is 0 Å². The molecule has 0 unspecified atom stereocenters. The number of benzene rings is 1. The molecule has 0 atom stereocenters. The van der Waals surface area contributed by atoms with Gasteiger partial charge in [0.15, 0.2) is 0 Å². The van der Waals surface area contributed by atoms with Gasteiger partial charge in [0.1, 0.15) is 29.4 Å². The first-order valence-corrected chi connectivity index (χ1v) is 8.25. The van der Waals surface area contributed by atoms with Gasteiger partial charge in [-0.1, -0.05) is 6.07 Å². The summed E-state index contributed by atoms with van der Waals surface area (Å²) in [5.74, 6) is 1.24. The van der Waals surface area contributed by atoms with Crippen molar-refractivity contribution >= 4 is 29.4 Å². The van der Waals surface area contributed by atoms with Crippen LogP contribution in [0.4, 0.5) is 17.3 Å². The quantitative estimate of drug-likeness (QED) is 0.725. The average Bonchev–Trinajstić information content (AvgIpc) is 3.15. The molecule has 8 nitrogen and oxygen atoms in total. The standard InChI is InChI=1S/C19H16N6O2/c1-27-16-7-13-10-20-9-12(13)6-15(16)24-17-8-18(23-11-22-17)25-19(26)14-4-2-3-5-21-14/h2-9,11H,10H2,1H3,(H2,22,23,24,25,26). The van der Waals surface area contributed by atoms with Crippen LogP contribution in [0.25, 0.3) is 0 Å². The Hall–Kier alpha value is -3.81. The Kier molecular flexibility index (Phi) is 4.44. The third kappa shape index (κ3) is 3.59. The third-order valence-corrected chi connectivity index (χ3v) is 4.02. The minimum absolute atomic E-state index is 0.310. The number of carbonyl (C=O) groups excluding carboxylic acids is 1. The van der Waals surface area contributed by atoms with E-state index >= 15 is 0 Å². The molecule has 2 N–H and O–H groups in total. The number of rotatable bonds is 5. The lowest BCUT2D eigenvalue weighted by Crippen LogP contribution is -2.14. The smallest absolute Gasteiger partial charge is 0.275 e. The summed E-state index contributed by atoms with van der Waals surface area (Å²) in [6, 6.07) is 10.7. The number of carbonyl (C=O) groups is 1. The van der Waals surface area contributed by atoms with Gasteiger partial charge in [0, 0.05) is 18.5 Å². The minimum atomic E-state index is -0.341. The second kappa shape index (κ2) is 7.20. The van der Waals surface area contributed by atoms with E-state index in [4.69, 9.17) is 4.74 Å². The van der Waals surface area contributed by atoms with Crippen LogP contribution in [0.1, 0.15) is 21.6 Å². The summed E-state index contributed by atoms with van der Waals surface area (Å²) in [6.45, 7) is 0.656. The van der Waals surface area contributed by atoms with Gasteiger partial charge in [-0.15, -0.1) is 0 Å². The molecule has 0 bridgehead atoms. The number of nitrogens with one attached hydrogen (secondary N) is 2. The fraction of sp³-hybridized carbons (Fsp3) is 0.105. The molecule has 0 aliphatic carbocycles. The summed E-state index contributed by atoms with van der Waals surface area (Å²) >= 11 is 0. The highest BCUT2D eigenvalue weighted by Crippen LogP contribution is 2.32. The number of fused-ring (bicyclic) bond motifs is 1. The monoisotopic (exact) mass is 360 g/mol. The first-order chi connectivity index (χ1) is 13.2. The minimum Gasteiger partial charge on any atom is -0.495 e. The maximum absolute atomic E-state index is 12.2. The van der Waals surface area contributed by atoms with Crippen molar-refractivity contribution in [1.82, 2.24) is 15.0 Å². The van der Waals surface area contributed by atoms with Crippen LogP contribution in [0.15, 0.2) is 53.9 Å². The molecule has 27 heavy (non-hydrogen) atoms. The molecule has 1 aliphatic rings. The van der Waals surface area contributed by atoms with Crippen LogP contribution < -0.4 is 15.4 Å². The lowest BCUT2D eigenvalue weighted by molar-refractivity contribution is 0.102. The Balaban J connectivity index is 1.55. The van der Waals surface area contributed by atoms with Gasteiger partial charge in [-0.2, -0.15) is 0 Å². The largest absolute Gasteiger partial charge is 0.495 e. The van der Waals surface area contributed by atoms with Gasteiger partial charge in [-0.3, -0.25) is 14.8 Å². The predicted molar refractivity (Wildman–Crippen MR) is 102 cm³/mol. The van der Waals surface area contributed by atoms with Crippen LogP contribution in [0.2, 0.25) is 0 Å².